The van der Waals surface area contributed by atoms with Gasteiger partial charge in [0.15, 0.2) is 11.6 Å². The van der Waals surface area contributed by atoms with Crippen LogP contribution in [0, 0.1) is 11.6 Å². The van der Waals surface area contributed by atoms with Gasteiger partial charge in [-0.15, -0.1) is 11.3 Å². The Bertz CT molecular complexity index is 767. The second-order valence-corrected chi connectivity index (χ2v) is 6.67. The van der Waals surface area contributed by atoms with Crippen molar-refractivity contribution in [3.63, 3.8) is 0 Å². The van der Waals surface area contributed by atoms with Crippen LogP contribution in [0.1, 0.15) is 4.88 Å². The minimum atomic E-state index is -1.00. The number of carbonyl (C=O) groups excluding carboxylic acids is 2. The molecule has 0 atom stereocenters. The molecule has 3 amide bonds. The Labute approximate surface area is 147 Å². The Morgan fingerprint density at radius 3 is 2.76 bits per heavy atom. The molecule has 0 aliphatic carbocycles. The van der Waals surface area contributed by atoms with Crippen molar-refractivity contribution in [2.24, 2.45) is 0 Å². The Morgan fingerprint density at radius 1 is 1.20 bits per heavy atom. The minimum Gasteiger partial charge on any atom is -0.354 e. The smallest absolute Gasteiger partial charge is 0.325 e. The third-order valence-electron chi connectivity index (χ3n) is 3.92. The number of hydrogen-bond acceptors (Lipinski definition) is 3. The van der Waals surface area contributed by atoms with Crippen LogP contribution in [0.3, 0.4) is 0 Å². The molecular formula is C17H17F2N3O2S. The number of anilines is 1. The first-order valence-corrected chi connectivity index (χ1v) is 8.73. The van der Waals surface area contributed by atoms with Crippen molar-refractivity contribution >= 4 is 29.0 Å². The van der Waals surface area contributed by atoms with E-state index in [9.17, 15) is 18.4 Å². The highest BCUT2D eigenvalue weighted by atomic mass is 32.1. The van der Waals surface area contributed by atoms with Crippen LogP contribution in [-0.2, 0) is 11.2 Å². The van der Waals surface area contributed by atoms with Gasteiger partial charge in [0, 0.05) is 36.3 Å². The van der Waals surface area contributed by atoms with E-state index < -0.39 is 11.6 Å². The number of rotatable bonds is 6. The lowest BCUT2D eigenvalue weighted by Crippen LogP contribution is -2.40. The number of hydrogen-bond donors (Lipinski definition) is 1. The zero-order chi connectivity index (χ0) is 17.8. The maximum absolute atomic E-state index is 13.3. The fourth-order valence-corrected chi connectivity index (χ4v) is 3.34. The molecule has 3 rings (SSSR count). The van der Waals surface area contributed by atoms with Gasteiger partial charge in [0.1, 0.15) is 6.54 Å². The standard InChI is InChI=1S/C17H17F2N3O2S/c18-14-4-3-12(10-15(14)19)22-8-7-21(17(22)24)11-16(23)20-6-5-13-2-1-9-25-13/h1-4,9-10H,5-8,11H2,(H,20,23). The van der Waals surface area contributed by atoms with Gasteiger partial charge in [-0.25, -0.2) is 13.6 Å². The molecule has 0 bridgehead atoms. The number of benzene rings is 1. The van der Waals surface area contributed by atoms with E-state index in [1.807, 2.05) is 17.5 Å². The van der Waals surface area contributed by atoms with Crippen molar-refractivity contribution in [3.05, 3.63) is 52.2 Å². The van der Waals surface area contributed by atoms with E-state index >= 15 is 0 Å². The van der Waals surface area contributed by atoms with E-state index in [2.05, 4.69) is 5.32 Å². The van der Waals surface area contributed by atoms with E-state index in [4.69, 9.17) is 0 Å². The van der Waals surface area contributed by atoms with E-state index in [-0.39, 0.29) is 24.2 Å². The van der Waals surface area contributed by atoms with Gasteiger partial charge in [0.2, 0.25) is 5.91 Å². The number of urea groups is 1. The first-order chi connectivity index (χ1) is 12.0. The monoisotopic (exact) mass is 365 g/mol. The normalized spacial score (nSPS) is 14.2. The predicted octanol–water partition coefficient (Wildman–Crippen LogP) is 2.63. The molecule has 1 aromatic heterocycles. The highest BCUT2D eigenvalue weighted by Crippen LogP contribution is 2.22. The molecule has 132 valence electrons. The summed E-state index contributed by atoms with van der Waals surface area (Å²) in [4.78, 5) is 28.2. The Hall–Kier alpha value is -2.48. The van der Waals surface area contributed by atoms with E-state index in [0.717, 1.165) is 18.6 Å². The molecule has 2 aromatic rings. The van der Waals surface area contributed by atoms with Gasteiger partial charge in [-0.3, -0.25) is 9.69 Å². The predicted molar refractivity (Wildman–Crippen MR) is 91.7 cm³/mol. The fraction of sp³-hybridized carbons (Fsp3) is 0.294. The van der Waals surface area contributed by atoms with Crippen LogP contribution in [0.4, 0.5) is 19.3 Å². The second-order valence-electron chi connectivity index (χ2n) is 5.63. The molecule has 0 saturated carbocycles. The van der Waals surface area contributed by atoms with Crippen LogP contribution in [0.15, 0.2) is 35.7 Å². The number of nitrogens with zero attached hydrogens (tertiary/aromatic N) is 2. The molecular weight excluding hydrogens is 348 g/mol. The van der Waals surface area contributed by atoms with Crippen LogP contribution >= 0.6 is 11.3 Å². The van der Waals surface area contributed by atoms with Crippen molar-refractivity contribution in [3.8, 4) is 0 Å². The minimum absolute atomic E-state index is 0.0521. The number of amides is 3. The van der Waals surface area contributed by atoms with Crippen LogP contribution < -0.4 is 10.2 Å². The Balaban J connectivity index is 1.51. The number of halogens is 2. The zero-order valence-electron chi connectivity index (χ0n) is 13.4. The molecule has 0 unspecified atom stereocenters. The summed E-state index contributed by atoms with van der Waals surface area (Å²) in [6, 6.07) is 6.88. The number of carbonyl (C=O) groups is 2. The highest BCUT2D eigenvalue weighted by Gasteiger charge is 2.31. The molecule has 1 saturated heterocycles. The van der Waals surface area contributed by atoms with Gasteiger partial charge in [-0.2, -0.15) is 0 Å². The largest absolute Gasteiger partial charge is 0.354 e. The fourth-order valence-electron chi connectivity index (χ4n) is 2.63. The summed E-state index contributed by atoms with van der Waals surface area (Å²) in [5, 5.41) is 4.76. The lowest BCUT2D eigenvalue weighted by Gasteiger charge is -2.18. The third-order valence-corrected chi connectivity index (χ3v) is 4.85. The first kappa shape index (κ1) is 17.3. The molecule has 25 heavy (non-hydrogen) atoms. The maximum atomic E-state index is 13.3. The van der Waals surface area contributed by atoms with E-state index in [1.165, 1.54) is 20.7 Å². The third kappa shape index (κ3) is 4.14. The topological polar surface area (TPSA) is 52.7 Å². The summed E-state index contributed by atoms with van der Waals surface area (Å²) in [6.07, 6.45) is 0.748. The molecule has 5 nitrogen and oxygen atoms in total. The van der Waals surface area contributed by atoms with Crippen molar-refractivity contribution in [2.75, 3.05) is 31.1 Å². The average Bonchev–Trinajstić information content (AvgIpc) is 3.21. The molecule has 1 aliphatic rings. The molecule has 1 aromatic carbocycles. The number of nitrogens with one attached hydrogen (secondary N) is 1. The molecule has 0 spiro atoms. The van der Waals surface area contributed by atoms with Gasteiger partial charge in [0.05, 0.1) is 0 Å². The van der Waals surface area contributed by atoms with Gasteiger partial charge in [-0.05, 0) is 30.0 Å². The summed E-state index contributed by atoms with van der Waals surface area (Å²) in [5.41, 5.74) is 0.282. The SMILES string of the molecule is O=C(CN1CCN(c2ccc(F)c(F)c2)C1=O)NCCc1cccs1. The van der Waals surface area contributed by atoms with Gasteiger partial charge >= 0.3 is 6.03 Å². The van der Waals surface area contributed by atoms with Crippen LogP contribution in [0.25, 0.3) is 0 Å². The molecule has 8 heteroatoms. The van der Waals surface area contributed by atoms with Crippen molar-refractivity contribution in [1.82, 2.24) is 10.2 Å². The summed E-state index contributed by atoms with van der Waals surface area (Å²) < 4.78 is 26.3. The van der Waals surface area contributed by atoms with Crippen LogP contribution in [-0.4, -0.2) is 43.0 Å². The summed E-state index contributed by atoms with van der Waals surface area (Å²) >= 11 is 1.63. The summed E-state index contributed by atoms with van der Waals surface area (Å²) in [5.74, 6) is -2.20. The average molecular weight is 365 g/mol. The molecule has 0 radical (unpaired) electrons. The first-order valence-electron chi connectivity index (χ1n) is 7.85. The zero-order valence-corrected chi connectivity index (χ0v) is 14.2. The summed E-state index contributed by atoms with van der Waals surface area (Å²) in [6.45, 7) is 1.14. The van der Waals surface area contributed by atoms with Crippen molar-refractivity contribution in [1.29, 1.82) is 0 Å². The lowest BCUT2D eigenvalue weighted by molar-refractivity contribution is -0.121. The quantitative estimate of drug-likeness (QED) is 0.856. The Morgan fingerprint density at radius 2 is 2.04 bits per heavy atom. The lowest BCUT2D eigenvalue weighted by atomic mass is 10.3. The van der Waals surface area contributed by atoms with Gasteiger partial charge < -0.3 is 10.2 Å². The van der Waals surface area contributed by atoms with Crippen molar-refractivity contribution in [2.45, 2.75) is 6.42 Å². The van der Waals surface area contributed by atoms with E-state index in [1.54, 1.807) is 11.3 Å². The number of thiophene rings is 1. The Kier molecular flexibility index (Phi) is 5.28. The molecule has 1 N–H and O–H groups in total. The summed E-state index contributed by atoms with van der Waals surface area (Å²) in [7, 11) is 0. The highest BCUT2D eigenvalue weighted by molar-refractivity contribution is 7.09. The van der Waals surface area contributed by atoms with E-state index in [0.29, 0.717) is 19.6 Å². The van der Waals surface area contributed by atoms with Crippen LogP contribution in [0.5, 0.6) is 0 Å². The van der Waals surface area contributed by atoms with Gasteiger partial charge in [0.25, 0.3) is 0 Å². The second kappa shape index (κ2) is 7.60. The maximum Gasteiger partial charge on any atom is 0.325 e. The molecule has 1 aliphatic heterocycles. The van der Waals surface area contributed by atoms with Gasteiger partial charge in [-0.1, -0.05) is 6.07 Å². The van der Waals surface area contributed by atoms with Crippen LogP contribution in [0.2, 0.25) is 0 Å². The molecule has 2 heterocycles. The molecule has 1 fully saturated rings. The van der Waals surface area contributed by atoms with Crippen molar-refractivity contribution < 1.29 is 18.4 Å².